The summed E-state index contributed by atoms with van der Waals surface area (Å²) < 4.78 is 0. The van der Waals surface area contributed by atoms with Crippen LogP contribution in [0.4, 0.5) is 0 Å². The molecular formula is C15H26N2. The quantitative estimate of drug-likeness (QED) is 0.699. The maximum Gasteiger partial charge on any atom is 0.0419 e. The molecule has 1 unspecified atom stereocenters. The molecule has 0 saturated carbocycles. The van der Waals surface area contributed by atoms with Gasteiger partial charge < -0.3 is 5.73 Å². The van der Waals surface area contributed by atoms with E-state index in [-0.39, 0.29) is 6.04 Å². The van der Waals surface area contributed by atoms with E-state index in [2.05, 4.69) is 31.0 Å². The molecule has 17 heavy (non-hydrogen) atoms. The van der Waals surface area contributed by atoms with Gasteiger partial charge in [0.05, 0.1) is 0 Å². The molecule has 0 amide bonds. The van der Waals surface area contributed by atoms with Crippen molar-refractivity contribution in [3.63, 3.8) is 0 Å². The molecule has 1 rings (SSSR count). The summed E-state index contributed by atoms with van der Waals surface area (Å²) in [4.78, 5) is 4.45. The van der Waals surface area contributed by atoms with Crippen LogP contribution in [0.2, 0.25) is 0 Å². The number of nitrogens with zero attached hydrogens (tertiary/aromatic N) is 1. The Balaban J connectivity index is 2.26. The summed E-state index contributed by atoms with van der Waals surface area (Å²) >= 11 is 0. The zero-order chi connectivity index (χ0) is 12.5. The van der Waals surface area contributed by atoms with Gasteiger partial charge in [0, 0.05) is 24.4 Å². The molecule has 1 atom stereocenters. The molecular weight excluding hydrogens is 208 g/mol. The van der Waals surface area contributed by atoms with Crippen LogP contribution in [-0.4, -0.2) is 11.0 Å². The van der Waals surface area contributed by atoms with E-state index in [1.807, 2.05) is 6.20 Å². The minimum atomic E-state index is 0.270. The largest absolute Gasteiger partial charge is 0.327 e. The van der Waals surface area contributed by atoms with Crippen LogP contribution in [0.15, 0.2) is 18.3 Å². The SMILES string of the molecule is CCCCCCC(N)Cc1ccc(CC)cn1. The standard InChI is InChI=1S/C15H26N2/c1-3-5-6-7-8-14(16)11-15-10-9-13(4-2)12-17-15/h9-10,12,14H,3-8,11,16H2,1-2H3. The first-order valence-corrected chi connectivity index (χ1v) is 6.95. The molecule has 0 aromatic carbocycles. The van der Waals surface area contributed by atoms with Gasteiger partial charge in [-0.3, -0.25) is 4.98 Å². The van der Waals surface area contributed by atoms with Crippen molar-refractivity contribution in [2.24, 2.45) is 5.73 Å². The van der Waals surface area contributed by atoms with Crippen molar-refractivity contribution in [1.29, 1.82) is 0 Å². The molecule has 0 radical (unpaired) electrons. The van der Waals surface area contributed by atoms with Crippen LogP contribution in [-0.2, 0) is 12.8 Å². The van der Waals surface area contributed by atoms with E-state index >= 15 is 0 Å². The molecule has 0 aliphatic rings. The molecule has 1 heterocycles. The molecule has 2 nitrogen and oxygen atoms in total. The fourth-order valence-electron chi connectivity index (χ4n) is 1.99. The van der Waals surface area contributed by atoms with Crippen molar-refractivity contribution in [3.8, 4) is 0 Å². The minimum Gasteiger partial charge on any atom is -0.327 e. The number of nitrogens with two attached hydrogens (primary N) is 1. The van der Waals surface area contributed by atoms with Gasteiger partial charge in [0.2, 0.25) is 0 Å². The molecule has 0 aliphatic heterocycles. The highest BCUT2D eigenvalue weighted by Gasteiger charge is 2.04. The van der Waals surface area contributed by atoms with Crippen LogP contribution in [0.5, 0.6) is 0 Å². The number of hydrogen-bond donors (Lipinski definition) is 1. The lowest BCUT2D eigenvalue weighted by molar-refractivity contribution is 0.542. The number of aryl methyl sites for hydroxylation is 1. The van der Waals surface area contributed by atoms with E-state index in [1.165, 1.54) is 31.2 Å². The summed E-state index contributed by atoms with van der Waals surface area (Å²) in [6.45, 7) is 4.38. The maximum absolute atomic E-state index is 6.12. The van der Waals surface area contributed by atoms with Crippen molar-refractivity contribution >= 4 is 0 Å². The lowest BCUT2D eigenvalue weighted by Crippen LogP contribution is -2.23. The van der Waals surface area contributed by atoms with Crippen LogP contribution in [0.25, 0.3) is 0 Å². The first-order chi connectivity index (χ1) is 8.26. The van der Waals surface area contributed by atoms with Crippen LogP contribution in [0.1, 0.15) is 57.2 Å². The number of unbranched alkanes of at least 4 members (excludes halogenated alkanes) is 3. The molecule has 0 fully saturated rings. The van der Waals surface area contributed by atoms with Gasteiger partial charge in [-0.15, -0.1) is 0 Å². The number of hydrogen-bond acceptors (Lipinski definition) is 2. The number of rotatable bonds is 8. The van der Waals surface area contributed by atoms with Gasteiger partial charge in [-0.05, 0) is 24.5 Å². The third-order valence-corrected chi connectivity index (χ3v) is 3.19. The number of pyridine rings is 1. The summed E-state index contributed by atoms with van der Waals surface area (Å²) in [5, 5.41) is 0. The fourth-order valence-corrected chi connectivity index (χ4v) is 1.99. The summed E-state index contributed by atoms with van der Waals surface area (Å²) in [6.07, 6.45) is 10.2. The van der Waals surface area contributed by atoms with Gasteiger partial charge in [-0.25, -0.2) is 0 Å². The Morgan fingerprint density at radius 2 is 2.00 bits per heavy atom. The maximum atomic E-state index is 6.12. The Hall–Kier alpha value is -0.890. The third kappa shape index (κ3) is 5.83. The molecule has 0 bridgehead atoms. The lowest BCUT2D eigenvalue weighted by atomic mass is 10.0. The topological polar surface area (TPSA) is 38.9 Å². The van der Waals surface area contributed by atoms with Crippen molar-refractivity contribution in [2.75, 3.05) is 0 Å². The highest BCUT2D eigenvalue weighted by Crippen LogP contribution is 2.08. The summed E-state index contributed by atoms with van der Waals surface area (Å²) in [5.41, 5.74) is 8.54. The fraction of sp³-hybridized carbons (Fsp3) is 0.667. The second-order valence-corrected chi connectivity index (χ2v) is 4.82. The van der Waals surface area contributed by atoms with Crippen LogP contribution in [0, 0.1) is 0 Å². The third-order valence-electron chi connectivity index (χ3n) is 3.19. The monoisotopic (exact) mass is 234 g/mol. The van der Waals surface area contributed by atoms with Gasteiger partial charge in [0.15, 0.2) is 0 Å². The van der Waals surface area contributed by atoms with Crippen LogP contribution >= 0.6 is 0 Å². The van der Waals surface area contributed by atoms with E-state index in [0.29, 0.717) is 0 Å². The first-order valence-electron chi connectivity index (χ1n) is 6.95. The molecule has 0 spiro atoms. The smallest absolute Gasteiger partial charge is 0.0419 e. The molecule has 1 aromatic rings. The van der Waals surface area contributed by atoms with Gasteiger partial charge in [-0.1, -0.05) is 45.6 Å². The lowest BCUT2D eigenvalue weighted by Gasteiger charge is -2.11. The average Bonchev–Trinajstić information content (AvgIpc) is 2.36. The Labute approximate surface area is 106 Å². The second kappa shape index (κ2) is 8.24. The highest BCUT2D eigenvalue weighted by molar-refractivity contribution is 5.14. The van der Waals surface area contributed by atoms with E-state index < -0.39 is 0 Å². The van der Waals surface area contributed by atoms with E-state index in [4.69, 9.17) is 5.73 Å². The van der Waals surface area contributed by atoms with Crippen LogP contribution < -0.4 is 5.73 Å². The van der Waals surface area contributed by atoms with Crippen molar-refractivity contribution in [1.82, 2.24) is 4.98 Å². The zero-order valence-corrected chi connectivity index (χ0v) is 11.3. The summed E-state index contributed by atoms with van der Waals surface area (Å²) in [5.74, 6) is 0. The predicted octanol–water partition coefficient (Wildman–Crippen LogP) is 3.48. The predicted molar refractivity (Wildman–Crippen MR) is 74.1 cm³/mol. The van der Waals surface area contributed by atoms with Crippen molar-refractivity contribution in [3.05, 3.63) is 29.6 Å². The normalized spacial score (nSPS) is 12.6. The van der Waals surface area contributed by atoms with Crippen LogP contribution in [0.3, 0.4) is 0 Å². The van der Waals surface area contributed by atoms with E-state index in [9.17, 15) is 0 Å². The molecule has 0 saturated heterocycles. The minimum absolute atomic E-state index is 0.270. The zero-order valence-electron chi connectivity index (χ0n) is 11.3. The number of aromatic nitrogens is 1. The van der Waals surface area contributed by atoms with Gasteiger partial charge in [0.25, 0.3) is 0 Å². The molecule has 0 aliphatic carbocycles. The van der Waals surface area contributed by atoms with Crippen molar-refractivity contribution < 1.29 is 0 Å². The summed E-state index contributed by atoms with van der Waals surface area (Å²) in [6, 6.07) is 4.54. The molecule has 96 valence electrons. The second-order valence-electron chi connectivity index (χ2n) is 4.82. The molecule has 2 N–H and O–H groups in total. The molecule has 1 aromatic heterocycles. The average molecular weight is 234 g/mol. The van der Waals surface area contributed by atoms with Gasteiger partial charge in [0.1, 0.15) is 0 Å². The van der Waals surface area contributed by atoms with Gasteiger partial charge in [-0.2, -0.15) is 0 Å². The summed E-state index contributed by atoms with van der Waals surface area (Å²) in [7, 11) is 0. The van der Waals surface area contributed by atoms with E-state index in [0.717, 1.165) is 25.0 Å². The Morgan fingerprint density at radius 3 is 2.59 bits per heavy atom. The van der Waals surface area contributed by atoms with Crippen molar-refractivity contribution in [2.45, 2.75) is 64.8 Å². The highest BCUT2D eigenvalue weighted by atomic mass is 14.7. The Kier molecular flexibility index (Phi) is 6.87. The first kappa shape index (κ1) is 14.2. The Morgan fingerprint density at radius 1 is 1.18 bits per heavy atom. The molecule has 2 heteroatoms. The van der Waals surface area contributed by atoms with E-state index in [1.54, 1.807) is 0 Å². The van der Waals surface area contributed by atoms with Gasteiger partial charge >= 0.3 is 0 Å². The Bertz CT molecular complexity index is 292.